The van der Waals surface area contributed by atoms with Gasteiger partial charge in [0.05, 0.1) is 17.7 Å². The van der Waals surface area contributed by atoms with Crippen molar-refractivity contribution >= 4 is 29.1 Å². The van der Waals surface area contributed by atoms with Crippen LogP contribution in [-0.4, -0.2) is 45.0 Å². The molecule has 1 unspecified atom stereocenters. The van der Waals surface area contributed by atoms with E-state index in [4.69, 9.17) is 0 Å². The number of carbonyl (C=O) groups is 3. The maximum Gasteiger partial charge on any atom is 0.273 e. The fourth-order valence-corrected chi connectivity index (χ4v) is 5.03. The van der Waals surface area contributed by atoms with Crippen molar-refractivity contribution in [2.75, 3.05) is 6.54 Å². The number of likely N-dealkylation sites (tertiary alicyclic amines) is 1. The third-order valence-electron chi connectivity index (χ3n) is 6.11. The lowest BCUT2D eigenvalue weighted by Crippen LogP contribution is -2.51. The van der Waals surface area contributed by atoms with E-state index in [2.05, 4.69) is 16.0 Å². The van der Waals surface area contributed by atoms with Gasteiger partial charge in [0.25, 0.3) is 11.8 Å². The molecule has 5 rings (SSSR count). The van der Waals surface area contributed by atoms with E-state index in [9.17, 15) is 14.4 Å². The van der Waals surface area contributed by atoms with Gasteiger partial charge in [-0.2, -0.15) is 5.10 Å². The molecule has 1 atom stereocenters. The molecule has 36 heavy (non-hydrogen) atoms. The molecule has 0 saturated carbocycles. The highest BCUT2D eigenvalue weighted by Crippen LogP contribution is 2.24. The molecule has 182 valence electrons. The van der Waals surface area contributed by atoms with E-state index in [1.165, 1.54) is 11.3 Å². The van der Waals surface area contributed by atoms with Gasteiger partial charge in [-0.05, 0) is 36.4 Å². The number of hydrogen-bond acceptors (Lipinski definition) is 5. The maximum atomic E-state index is 13.2. The van der Waals surface area contributed by atoms with Gasteiger partial charge in [0.2, 0.25) is 5.91 Å². The molecule has 0 bridgehead atoms. The number of nitrogens with zero attached hydrogens (tertiary/aromatic N) is 3. The average molecular weight is 500 g/mol. The minimum atomic E-state index is -0.613. The highest BCUT2D eigenvalue weighted by Gasteiger charge is 2.34. The van der Waals surface area contributed by atoms with Crippen molar-refractivity contribution in [3.63, 3.8) is 0 Å². The first-order chi connectivity index (χ1) is 17.6. The molecule has 9 heteroatoms. The van der Waals surface area contributed by atoms with Crippen LogP contribution >= 0.6 is 11.3 Å². The first-order valence-electron chi connectivity index (χ1n) is 11.7. The zero-order valence-corrected chi connectivity index (χ0v) is 20.3. The number of thiophene rings is 1. The molecule has 4 aromatic rings. The highest BCUT2D eigenvalue weighted by molar-refractivity contribution is 7.10. The Kier molecular flexibility index (Phi) is 6.90. The SMILES string of the molecule is O=C(NNC(=O)C1CCCN1C(=O)Cc1cccs1)c1cn(-c2ccccc2)nc1-c1ccccc1. The van der Waals surface area contributed by atoms with Crippen LogP contribution in [0.25, 0.3) is 16.9 Å². The number of hydrogen-bond donors (Lipinski definition) is 2. The minimum Gasteiger partial charge on any atom is -0.330 e. The van der Waals surface area contributed by atoms with Gasteiger partial charge in [0.15, 0.2) is 0 Å². The Morgan fingerprint density at radius 1 is 0.944 bits per heavy atom. The molecule has 2 aromatic carbocycles. The summed E-state index contributed by atoms with van der Waals surface area (Å²) in [7, 11) is 0. The number of hydrazine groups is 1. The van der Waals surface area contributed by atoms with Crippen molar-refractivity contribution in [1.29, 1.82) is 0 Å². The van der Waals surface area contributed by atoms with Crippen LogP contribution in [0.3, 0.4) is 0 Å². The van der Waals surface area contributed by atoms with Crippen molar-refractivity contribution in [1.82, 2.24) is 25.5 Å². The van der Waals surface area contributed by atoms with Gasteiger partial charge >= 0.3 is 0 Å². The lowest BCUT2D eigenvalue weighted by atomic mass is 10.1. The molecule has 8 nitrogen and oxygen atoms in total. The lowest BCUT2D eigenvalue weighted by Gasteiger charge is -2.23. The summed E-state index contributed by atoms with van der Waals surface area (Å²) in [5.41, 5.74) is 7.47. The third-order valence-corrected chi connectivity index (χ3v) is 6.98. The van der Waals surface area contributed by atoms with Crippen molar-refractivity contribution in [3.8, 4) is 16.9 Å². The van der Waals surface area contributed by atoms with Gasteiger partial charge in [-0.3, -0.25) is 25.2 Å². The van der Waals surface area contributed by atoms with Gasteiger partial charge in [-0.1, -0.05) is 54.6 Å². The van der Waals surface area contributed by atoms with E-state index in [-0.39, 0.29) is 12.3 Å². The van der Waals surface area contributed by atoms with Crippen LogP contribution in [0.1, 0.15) is 28.1 Å². The molecule has 0 aliphatic carbocycles. The topological polar surface area (TPSA) is 96.3 Å². The largest absolute Gasteiger partial charge is 0.330 e. The van der Waals surface area contributed by atoms with Gasteiger partial charge in [-0.15, -0.1) is 11.3 Å². The van der Waals surface area contributed by atoms with E-state index in [0.29, 0.717) is 24.2 Å². The summed E-state index contributed by atoms with van der Waals surface area (Å²) < 4.78 is 1.64. The second kappa shape index (κ2) is 10.6. The lowest BCUT2D eigenvalue weighted by molar-refractivity contribution is -0.138. The smallest absolute Gasteiger partial charge is 0.273 e. The Balaban J connectivity index is 1.30. The number of aromatic nitrogens is 2. The molecular formula is C27H25N5O3S. The Hall–Kier alpha value is -4.24. The summed E-state index contributed by atoms with van der Waals surface area (Å²) in [5.74, 6) is -0.979. The molecule has 1 aliphatic heterocycles. The van der Waals surface area contributed by atoms with E-state index < -0.39 is 17.9 Å². The summed E-state index contributed by atoms with van der Waals surface area (Å²) in [6.45, 7) is 0.526. The van der Waals surface area contributed by atoms with Crippen LogP contribution in [0.15, 0.2) is 84.4 Å². The highest BCUT2D eigenvalue weighted by atomic mass is 32.1. The third kappa shape index (κ3) is 5.06. The summed E-state index contributed by atoms with van der Waals surface area (Å²) in [6, 6.07) is 22.1. The summed E-state index contributed by atoms with van der Waals surface area (Å²) in [4.78, 5) is 41.5. The molecule has 3 heterocycles. The molecule has 2 N–H and O–H groups in total. The minimum absolute atomic E-state index is 0.0862. The first kappa shape index (κ1) is 23.5. The zero-order valence-electron chi connectivity index (χ0n) is 19.5. The maximum absolute atomic E-state index is 13.2. The van der Waals surface area contributed by atoms with Gasteiger partial charge in [0, 0.05) is 23.2 Å². The van der Waals surface area contributed by atoms with Gasteiger partial charge in [0.1, 0.15) is 11.7 Å². The standard InChI is InChI=1S/C27H25N5O3S/c33-24(17-21-13-8-16-36-21)31-15-7-14-23(31)27(35)29-28-26(34)22-18-32(20-11-5-2-6-12-20)30-25(22)19-9-3-1-4-10-19/h1-6,8-13,16,18,23H,7,14-15,17H2,(H,28,34)(H,29,35). The number of benzene rings is 2. The van der Waals surface area contributed by atoms with Gasteiger partial charge in [-0.25, -0.2) is 4.68 Å². The van der Waals surface area contributed by atoms with Crippen molar-refractivity contribution in [2.45, 2.75) is 25.3 Å². The number of carbonyl (C=O) groups excluding carboxylic acids is 3. The summed E-state index contributed by atoms with van der Waals surface area (Å²) in [5, 5.41) is 6.56. The van der Waals surface area contributed by atoms with Crippen LogP contribution in [-0.2, 0) is 16.0 Å². The Morgan fingerprint density at radius 2 is 1.69 bits per heavy atom. The van der Waals surface area contributed by atoms with E-state index >= 15 is 0 Å². The number of amides is 3. The van der Waals surface area contributed by atoms with Crippen LogP contribution in [0.5, 0.6) is 0 Å². The van der Waals surface area contributed by atoms with Crippen molar-refractivity contribution in [2.24, 2.45) is 0 Å². The molecule has 2 aromatic heterocycles. The van der Waals surface area contributed by atoms with Gasteiger partial charge < -0.3 is 4.90 Å². The van der Waals surface area contributed by atoms with E-state index in [1.807, 2.05) is 78.2 Å². The molecule has 3 amide bonds. The molecule has 0 radical (unpaired) electrons. The van der Waals surface area contributed by atoms with Crippen LogP contribution in [0, 0.1) is 0 Å². The monoisotopic (exact) mass is 499 g/mol. The molecule has 0 spiro atoms. The molecular weight excluding hydrogens is 474 g/mol. The summed E-state index contributed by atoms with van der Waals surface area (Å²) in [6.07, 6.45) is 3.21. The van der Waals surface area contributed by atoms with Crippen LogP contribution in [0.2, 0.25) is 0 Å². The van der Waals surface area contributed by atoms with Crippen LogP contribution in [0.4, 0.5) is 0 Å². The predicted molar refractivity (Wildman–Crippen MR) is 137 cm³/mol. The predicted octanol–water partition coefficient (Wildman–Crippen LogP) is 3.60. The van der Waals surface area contributed by atoms with Crippen molar-refractivity contribution < 1.29 is 14.4 Å². The zero-order chi connectivity index (χ0) is 24.9. The Bertz CT molecular complexity index is 1350. The second-order valence-electron chi connectivity index (χ2n) is 8.48. The van der Waals surface area contributed by atoms with E-state index in [0.717, 1.165) is 22.5 Å². The number of rotatable bonds is 6. The fraction of sp³-hybridized carbons (Fsp3) is 0.185. The van der Waals surface area contributed by atoms with Crippen molar-refractivity contribution in [3.05, 3.63) is 94.8 Å². The second-order valence-corrected chi connectivity index (χ2v) is 9.51. The fourth-order valence-electron chi connectivity index (χ4n) is 4.33. The Morgan fingerprint density at radius 3 is 2.42 bits per heavy atom. The Labute approximate surface area is 212 Å². The normalized spacial score (nSPS) is 15.0. The summed E-state index contributed by atoms with van der Waals surface area (Å²) >= 11 is 1.52. The van der Waals surface area contributed by atoms with Crippen LogP contribution < -0.4 is 10.9 Å². The first-order valence-corrected chi connectivity index (χ1v) is 12.6. The van der Waals surface area contributed by atoms with E-state index in [1.54, 1.807) is 15.8 Å². The number of para-hydroxylation sites is 1. The molecule has 1 aliphatic rings. The molecule has 1 saturated heterocycles. The molecule has 1 fully saturated rings. The quantitative estimate of drug-likeness (QED) is 0.396. The number of nitrogens with one attached hydrogen (secondary N) is 2. The average Bonchev–Trinajstić information content (AvgIpc) is 3.69.